The van der Waals surface area contributed by atoms with Gasteiger partial charge < -0.3 is 53.0 Å². The van der Waals surface area contributed by atoms with Gasteiger partial charge in [0.1, 0.15) is 36.2 Å². The number of rotatable bonds is 11. The second-order valence-electron chi connectivity index (χ2n) is 21.5. The van der Waals surface area contributed by atoms with Crippen LogP contribution in [0.25, 0.3) is 0 Å². The van der Waals surface area contributed by atoms with E-state index in [0.29, 0.717) is 63.9 Å². The number of carbonyl (C=O) groups excluding carboxylic acids is 5. The summed E-state index contributed by atoms with van der Waals surface area (Å²) in [7, 11) is 4.73. The van der Waals surface area contributed by atoms with Crippen LogP contribution in [0.15, 0.2) is 47.6 Å². The van der Waals surface area contributed by atoms with Crippen molar-refractivity contribution in [3.05, 3.63) is 47.6 Å². The van der Waals surface area contributed by atoms with Gasteiger partial charge >= 0.3 is 5.97 Å². The number of hydrogen-bond donors (Lipinski definition) is 2. The third-order valence-corrected chi connectivity index (χ3v) is 15.8. The number of esters is 1. The number of aliphatic hydroxyl groups is 2. The van der Waals surface area contributed by atoms with Gasteiger partial charge in [0.25, 0.3) is 11.7 Å². The number of fused-ring (bicyclic) bond motifs is 3. The Morgan fingerprint density at radius 2 is 1.54 bits per heavy atom. The van der Waals surface area contributed by atoms with Crippen molar-refractivity contribution in [3.8, 4) is 0 Å². The van der Waals surface area contributed by atoms with E-state index in [1.807, 2.05) is 58.1 Å². The van der Waals surface area contributed by atoms with Crippen molar-refractivity contribution in [1.29, 1.82) is 0 Å². The first-order valence-electron chi connectivity index (χ1n) is 26.6. The monoisotopic (exact) mass is 1010 g/mol. The molecule has 4 fully saturated rings. The normalized spacial score (nSPS) is 38.9. The molecule has 0 aromatic heterocycles. The van der Waals surface area contributed by atoms with Gasteiger partial charge in [-0.1, -0.05) is 71.1 Å². The van der Waals surface area contributed by atoms with Gasteiger partial charge in [0.05, 0.1) is 50.8 Å². The van der Waals surface area contributed by atoms with Crippen LogP contribution in [0, 0.1) is 35.5 Å². The Bertz CT molecular complexity index is 1930. The average Bonchev–Trinajstić information content (AvgIpc) is 3.35. The van der Waals surface area contributed by atoms with Crippen molar-refractivity contribution in [2.75, 3.05) is 54.3 Å². The first-order chi connectivity index (χ1) is 34.3. The Morgan fingerprint density at radius 3 is 2.22 bits per heavy atom. The van der Waals surface area contributed by atoms with E-state index in [-0.39, 0.29) is 80.0 Å². The molecule has 5 aliphatic rings. The summed E-state index contributed by atoms with van der Waals surface area (Å²) in [6.07, 6.45) is 12.4. The number of cyclic esters (lactones) is 1. The quantitative estimate of drug-likeness (QED) is 0.0967. The maximum Gasteiger partial charge on any atom is 0.329 e. The number of piperidine rings is 1. The predicted octanol–water partition coefficient (Wildman–Crippen LogP) is 6.62. The summed E-state index contributed by atoms with van der Waals surface area (Å²) < 4.78 is 47.2. The summed E-state index contributed by atoms with van der Waals surface area (Å²) >= 11 is 0. The molecule has 406 valence electrons. The summed E-state index contributed by atoms with van der Waals surface area (Å²) in [4.78, 5) is 72.7. The van der Waals surface area contributed by atoms with Gasteiger partial charge in [0.15, 0.2) is 5.78 Å². The second-order valence-corrected chi connectivity index (χ2v) is 21.5. The standard InChI is InChI=1S/C56H87NO15/c1-34-16-12-11-13-17-35(2)47(70-25-24-69-43-32-68-33-43)30-42-21-19-40(7)56(64,72-42)53(61)54(62)57-23-15-14-18-44(57)55(63)71-48(37(4)28-41-20-22-46(65-8)49(29-41)66-9)31-45(58)36(3)27-39(6)51(60)52(67-10)50(59)38(5)26-34/h11-13,16-17,27,34,36-38,40-44,46-49,51-52,60,64H,14-15,18-26,28-33H2,1-10H3/b13-11+,16-12+,35-17+,39-27+/t34-,36-,37-,38-,40-,41+,42+,44+,46-,47+,48+,49-,51-,52+,56-/m1/s1. The van der Waals surface area contributed by atoms with Crippen LogP contribution < -0.4 is 0 Å². The highest BCUT2D eigenvalue weighted by atomic mass is 16.6. The summed E-state index contributed by atoms with van der Waals surface area (Å²) in [6, 6.07) is -1.14. The Kier molecular flexibility index (Phi) is 23.5. The molecule has 0 aromatic carbocycles. The van der Waals surface area contributed by atoms with E-state index in [4.69, 9.17) is 37.9 Å². The molecule has 0 unspecified atom stereocenters. The van der Waals surface area contributed by atoms with Crippen LogP contribution in [0.3, 0.4) is 0 Å². The minimum atomic E-state index is -2.46. The van der Waals surface area contributed by atoms with Crippen LogP contribution in [0.2, 0.25) is 0 Å². The Balaban J connectivity index is 1.46. The number of nitrogens with zero attached hydrogens (tertiary/aromatic N) is 1. The van der Waals surface area contributed by atoms with E-state index in [9.17, 15) is 34.2 Å². The molecule has 4 heterocycles. The summed E-state index contributed by atoms with van der Waals surface area (Å²) in [5.41, 5.74) is 1.26. The van der Waals surface area contributed by atoms with Crippen LogP contribution in [0.1, 0.15) is 126 Å². The van der Waals surface area contributed by atoms with E-state index in [1.54, 1.807) is 41.1 Å². The molecule has 2 N–H and O–H groups in total. The van der Waals surface area contributed by atoms with Crippen LogP contribution in [-0.4, -0.2) is 159 Å². The van der Waals surface area contributed by atoms with Crippen LogP contribution in [0.5, 0.6) is 0 Å². The van der Waals surface area contributed by atoms with Crippen LogP contribution in [-0.2, 0) is 61.9 Å². The lowest BCUT2D eigenvalue weighted by Crippen LogP contribution is -2.61. The average molecular weight is 1010 g/mol. The summed E-state index contributed by atoms with van der Waals surface area (Å²) in [5.74, 6) is -7.91. The molecule has 5 rings (SSSR count). The van der Waals surface area contributed by atoms with E-state index in [1.165, 1.54) is 12.0 Å². The van der Waals surface area contributed by atoms with Crippen molar-refractivity contribution in [2.24, 2.45) is 35.5 Å². The minimum Gasteiger partial charge on any atom is -0.460 e. The maximum atomic E-state index is 14.5. The van der Waals surface area contributed by atoms with Gasteiger partial charge in [-0.15, -0.1) is 0 Å². The van der Waals surface area contributed by atoms with Crippen molar-refractivity contribution in [1.82, 2.24) is 4.90 Å². The molecule has 1 amide bonds. The van der Waals surface area contributed by atoms with E-state index >= 15 is 0 Å². The number of methoxy groups -OCH3 is 3. The first-order valence-corrected chi connectivity index (χ1v) is 26.6. The molecular weight excluding hydrogens is 927 g/mol. The number of amides is 1. The van der Waals surface area contributed by atoms with Crippen molar-refractivity contribution < 1.29 is 72.1 Å². The lowest BCUT2D eigenvalue weighted by atomic mass is 9.78. The lowest BCUT2D eigenvalue weighted by Gasteiger charge is -2.43. The molecule has 1 saturated carbocycles. The summed E-state index contributed by atoms with van der Waals surface area (Å²) in [6.45, 7) is 14.5. The number of carbonyl (C=O) groups is 5. The molecule has 16 nitrogen and oxygen atoms in total. The number of hydrogen-bond acceptors (Lipinski definition) is 15. The zero-order chi connectivity index (χ0) is 52.7. The van der Waals surface area contributed by atoms with E-state index < -0.39 is 77.8 Å². The minimum absolute atomic E-state index is 0.00182. The van der Waals surface area contributed by atoms with E-state index in [2.05, 4.69) is 0 Å². The molecule has 0 radical (unpaired) electrons. The highest BCUT2D eigenvalue weighted by Crippen LogP contribution is 2.38. The number of allylic oxidation sites excluding steroid dienone is 6. The molecule has 0 aromatic rings. The van der Waals surface area contributed by atoms with Gasteiger partial charge in [-0.2, -0.15) is 0 Å². The van der Waals surface area contributed by atoms with Gasteiger partial charge in [-0.05, 0) is 107 Å². The van der Waals surface area contributed by atoms with Gasteiger partial charge in [0.2, 0.25) is 5.79 Å². The highest BCUT2D eigenvalue weighted by Gasteiger charge is 2.53. The number of aliphatic hydroxyl groups excluding tert-OH is 1. The molecule has 3 saturated heterocycles. The second kappa shape index (κ2) is 28.4. The number of ether oxygens (including phenoxy) is 8. The van der Waals surface area contributed by atoms with Crippen molar-refractivity contribution in [2.45, 2.75) is 186 Å². The Morgan fingerprint density at radius 1 is 0.819 bits per heavy atom. The first kappa shape index (κ1) is 59.4. The Labute approximate surface area is 428 Å². The van der Waals surface area contributed by atoms with Crippen molar-refractivity contribution in [3.63, 3.8) is 0 Å². The van der Waals surface area contributed by atoms with Gasteiger partial charge in [0, 0.05) is 58.5 Å². The fourth-order valence-corrected chi connectivity index (χ4v) is 11.0. The SMILES string of the molecule is CO[C@@H]1CC[C@@H](C[C@@H](C)[C@@H]2CC(=O)[C@H](C)/C=C(\C)[C@@H](O)[C@@H](OC)C(=O)[C@H](C)C[C@H](C)/C=C/C=C/C=C(\C)[C@@H](OCCOC3COC3)C[C@@H]3CC[C@@H](C)[C@@](O)(O3)C(=O)C(=O)N3CCCC[C@H]3C(=O)O2)C[C@H]1OC. The van der Waals surface area contributed by atoms with E-state index in [0.717, 1.165) is 24.8 Å². The Hall–Kier alpha value is -3.45. The zero-order valence-electron chi connectivity index (χ0n) is 44.8. The molecule has 0 spiro atoms. The molecule has 15 atom stereocenters. The van der Waals surface area contributed by atoms with Crippen LogP contribution >= 0.6 is 0 Å². The van der Waals surface area contributed by atoms with Crippen molar-refractivity contribution >= 4 is 29.2 Å². The lowest BCUT2D eigenvalue weighted by molar-refractivity contribution is -0.266. The molecule has 2 bridgehead atoms. The molecule has 72 heavy (non-hydrogen) atoms. The van der Waals surface area contributed by atoms with Gasteiger partial charge in [-0.25, -0.2) is 4.79 Å². The van der Waals surface area contributed by atoms with Gasteiger partial charge in [-0.3, -0.25) is 19.2 Å². The molecule has 4 aliphatic heterocycles. The third kappa shape index (κ3) is 16.0. The fraction of sp³-hybridized carbons (Fsp3) is 0.768. The highest BCUT2D eigenvalue weighted by molar-refractivity contribution is 6.39. The topological polar surface area (TPSA) is 203 Å². The summed E-state index contributed by atoms with van der Waals surface area (Å²) in [5, 5.41) is 23.7. The zero-order valence-corrected chi connectivity index (χ0v) is 44.8. The smallest absolute Gasteiger partial charge is 0.329 e. The number of ketones is 3. The molecule has 16 heteroatoms. The number of Topliss-reactive ketones (excluding diaryl/α,β-unsaturated/α-hetero) is 3. The maximum absolute atomic E-state index is 14.5. The fourth-order valence-electron chi connectivity index (χ4n) is 11.0. The predicted molar refractivity (Wildman–Crippen MR) is 269 cm³/mol. The molecule has 1 aliphatic carbocycles. The third-order valence-electron chi connectivity index (χ3n) is 15.8. The largest absolute Gasteiger partial charge is 0.460 e. The molecular formula is C56H87NO15. The van der Waals surface area contributed by atoms with Crippen LogP contribution in [0.4, 0.5) is 0 Å².